The molecule has 0 fully saturated rings. The first-order valence-electron chi connectivity index (χ1n) is 20.1. The first kappa shape index (κ1) is 46.1. The molecule has 0 spiro atoms. The van der Waals surface area contributed by atoms with Gasteiger partial charge in [0.25, 0.3) is 0 Å². The van der Waals surface area contributed by atoms with Crippen LogP contribution in [0.5, 0.6) is 0 Å². The van der Waals surface area contributed by atoms with Crippen molar-refractivity contribution in [2.24, 2.45) is 0 Å². The van der Waals surface area contributed by atoms with E-state index in [1.807, 2.05) is 30.3 Å². The summed E-state index contributed by atoms with van der Waals surface area (Å²) in [5, 5.41) is 10.7. The van der Waals surface area contributed by atoms with Gasteiger partial charge in [-0.25, -0.2) is 0 Å². The van der Waals surface area contributed by atoms with Crippen LogP contribution in [0.15, 0.2) is 30.3 Å². The van der Waals surface area contributed by atoms with Gasteiger partial charge in [0, 0.05) is 12.7 Å². The SMILES string of the molecule is CCCCCCCCCCCCC(NC(C)=O)C(=O)NCC(=O)NC(CCCCCCCCCCCC)C(=O)NCC(=O)SCc1ccccc1. The number of nitrogens with one attached hydrogen (secondary N) is 4. The van der Waals surface area contributed by atoms with Gasteiger partial charge in [0.1, 0.15) is 12.1 Å². The molecule has 0 aliphatic rings. The molecule has 0 radical (unpaired) electrons. The first-order valence-corrected chi connectivity index (χ1v) is 21.1. The van der Waals surface area contributed by atoms with Gasteiger partial charge in [-0.1, -0.05) is 184 Å². The second kappa shape index (κ2) is 31.8. The molecule has 4 amide bonds. The second-order valence-corrected chi connectivity index (χ2v) is 14.9. The second-order valence-electron chi connectivity index (χ2n) is 13.9. The molecule has 0 saturated heterocycles. The maximum Gasteiger partial charge on any atom is 0.243 e. The number of hydrogen-bond acceptors (Lipinski definition) is 6. The molecule has 0 aliphatic carbocycles. The van der Waals surface area contributed by atoms with Gasteiger partial charge < -0.3 is 21.3 Å². The Hall–Kier alpha value is -2.88. The molecule has 1 aromatic carbocycles. The predicted molar refractivity (Wildman–Crippen MR) is 211 cm³/mol. The smallest absolute Gasteiger partial charge is 0.243 e. The van der Waals surface area contributed by atoms with Gasteiger partial charge in [0.15, 0.2) is 0 Å². The molecule has 9 nitrogen and oxygen atoms in total. The van der Waals surface area contributed by atoms with Crippen LogP contribution in [0.3, 0.4) is 0 Å². The zero-order chi connectivity index (χ0) is 37.4. The van der Waals surface area contributed by atoms with Gasteiger partial charge >= 0.3 is 0 Å². The van der Waals surface area contributed by atoms with Gasteiger partial charge in [-0.05, 0) is 18.4 Å². The fraction of sp³-hybridized carbons (Fsp3) is 0.732. The minimum Gasteiger partial charge on any atom is -0.346 e. The molecule has 290 valence electrons. The summed E-state index contributed by atoms with van der Waals surface area (Å²) in [6.45, 7) is 5.39. The molecule has 0 aliphatic heterocycles. The van der Waals surface area contributed by atoms with Gasteiger partial charge in [-0.3, -0.25) is 24.0 Å². The molecule has 0 saturated carbocycles. The summed E-state index contributed by atoms with van der Waals surface area (Å²) in [6.07, 6.45) is 24.2. The van der Waals surface area contributed by atoms with Crippen molar-refractivity contribution < 1.29 is 24.0 Å². The molecule has 1 rings (SSSR count). The highest BCUT2D eigenvalue weighted by Crippen LogP contribution is 2.15. The fourth-order valence-electron chi connectivity index (χ4n) is 6.06. The predicted octanol–water partition coefficient (Wildman–Crippen LogP) is 8.29. The van der Waals surface area contributed by atoms with Crippen LogP contribution in [0.2, 0.25) is 0 Å². The summed E-state index contributed by atoms with van der Waals surface area (Å²) >= 11 is 1.15. The summed E-state index contributed by atoms with van der Waals surface area (Å²) in [7, 11) is 0. The Morgan fingerprint density at radius 2 is 0.961 bits per heavy atom. The van der Waals surface area contributed by atoms with E-state index in [4.69, 9.17) is 0 Å². The van der Waals surface area contributed by atoms with Crippen LogP contribution in [-0.4, -0.2) is 53.9 Å². The third-order valence-electron chi connectivity index (χ3n) is 9.11. The lowest BCUT2D eigenvalue weighted by Gasteiger charge is -2.20. The molecule has 0 bridgehead atoms. The van der Waals surface area contributed by atoms with Crippen LogP contribution in [-0.2, 0) is 29.7 Å². The molecule has 1 aromatic rings. The zero-order valence-corrected chi connectivity index (χ0v) is 33.0. The summed E-state index contributed by atoms with van der Waals surface area (Å²) in [5.74, 6) is -1.08. The largest absolute Gasteiger partial charge is 0.346 e. The van der Waals surface area contributed by atoms with Crippen molar-refractivity contribution in [3.8, 4) is 0 Å². The van der Waals surface area contributed by atoms with E-state index in [1.54, 1.807) is 0 Å². The molecular weight excluding hydrogens is 661 g/mol. The summed E-state index contributed by atoms with van der Waals surface area (Å²) < 4.78 is 0. The van der Waals surface area contributed by atoms with Crippen molar-refractivity contribution in [3.05, 3.63) is 35.9 Å². The topological polar surface area (TPSA) is 133 Å². The number of amides is 4. The van der Waals surface area contributed by atoms with E-state index in [9.17, 15) is 24.0 Å². The van der Waals surface area contributed by atoms with E-state index in [-0.39, 0.29) is 24.1 Å². The Morgan fingerprint density at radius 1 is 0.549 bits per heavy atom. The summed E-state index contributed by atoms with van der Waals surface area (Å²) in [5.41, 5.74) is 1.03. The lowest BCUT2D eigenvalue weighted by atomic mass is 10.0. The number of hydrogen-bond donors (Lipinski definition) is 4. The summed E-state index contributed by atoms with van der Waals surface area (Å²) in [4.78, 5) is 63.4. The van der Waals surface area contributed by atoms with Gasteiger partial charge in [0.2, 0.25) is 28.7 Å². The molecular formula is C41H70N4O5S. The van der Waals surface area contributed by atoms with Crippen LogP contribution >= 0.6 is 11.8 Å². The van der Waals surface area contributed by atoms with Crippen LogP contribution in [0, 0.1) is 0 Å². The van der Waals surface area contributed by atoms with Crippen molar-refractivity contribution in [3.63, 3.8) is 0 Å². The number of carbonyl (C=O) groups excluding carboxylic acids is 5. The number of benzene rings is 1. The maximum atomic E-state index is 13.2. The van der Waals surface area contributed by atoms with Gasteiger partial charge in [-0.2, -0.15) is 0 Å². The van der Waals surface area contributed by atoms with Gasteiger partial charge in [0.05, 0.1) is 13.1 Å². The van der Waals surface area contributed by atoms with E-state index in [1.165, 1.54) is 90.4 Å². The molecule has 2 unspecified atom stereocenters. The molecule has 0 heterocycles. The highest BCUT2D eigenvalue weighted by Gasteiger charge is 2.23. The van der Waals surface area contributed by atoms with Crippen LogP contribution in [0.25, 0.3) is 0 Å². The monoisotopic (exact) mass is 731 g/mol. The quantitative estimate of drug-likeness (QED) is 0.0552. The lowest BCUT2D eigenvalue weighted by molar-refractivity contribution is -0.131. The van der Waals surface area contributed by atoms with E-state index < -0.39 is 29.8 Å². The average molecular weight is 731 g/mol. The van der Waals surface area contributed by atoms with Crippen molar-refractivity contribution in [1.29, 1.82) is 0 Å². The maximum absolute atomic E-state index is 13.2. The van der Waals surface area contributed by atoms with Crippen molar-refractivity contribution >= 4 is 40.5 Å². The third kappa shape index (κ3) is 26.5. The highest BCUT2D eigenvalue weighted by atomic mass is 32.2. The number of thioether (sulfide) groups is 1. The van der Waals surface area contributed by atoms with Crippen LogP contribution < -0.4 is 21.3 Å². The van der Waals surface area contributed by atoms with Crippen molar-refractivity contribution in [2.45, 2.75) is 180 Å². The molecule has 2 atom stereocenters. The van der Waals surface area contributed by atoms with Crippen molar-refractivity contribution in [2.75, 3.05) is 13.1 Å². The number of unbranched alkanes of at least 4 members (excludes halogenated alkanes) is 18. The molecule has 51 heavy (non-hydrogen) atoms. The van der Waals surface area contributed by atoms with E-state index in [0.29, 0.717) is 18.6 Å². The average Bonchev–Trinajstić information content (AvgIpc) is 3.12. The van der Waals surface area contributed by atoms with Crippen LogP contribution in [0.4, 0.5) is 0 Å². The van der Waals surface area contributed by atoms with E-state index in [2.05, 4.69) is 35.1 Å². The minimum absolute atomic E-state index is 0.130. The standard InChI is InChI=1S/C41H70N4O5S/c1-4-6-8-10-12-14-16-18-20-25-29-36(44-34(3)46)40(49)42-31-38(47)45-37(30-26-21-19-17-15-13-11-9-7-5-2)41(50)43-32-39(48)51-33-35-27-23-22-24-28-35/h22-24,27-28,36-37H,4-21,25-26,29-33H2,1-3H3,(H,42,49)(H,43,50)(H,44,46)(H,45,47). The number of rotatable bonds is 32. The summed E-state index contributed by atoms with van der Waals surface area (Å²) in [6, 6.07) is 8.14. The third-order valence-corrected chi connectivity index (χ3v) is 10.1. The normalized spacial score (nSPS) is 12.1. The fourth-order valence-corrected chi connectivity index (χ4v) is 6.76. The zero-order valence-electron chi connectivity index (χ0n) is 32.2. The Bertz CT molecular complexity index is 1090. The Morgan fingerprint density at radius 3 is 1.41 bits per heavy atom. The van der Waals surface area contributed by atoms with Crippen molar-refractivity contribution in [1.82, 2.24) is 21.3 Å². The van der Waals surface area contributed by atoms with Gasteiger partial charge in [-0.15, -0.1) is 0 Å². The molecule has 10 heteroatoms. The Kier molecular flexibility index (Phi) is 28.8. The van der Waals surface area contributed by atoms with E-state index >= 15 is 0 Å². The molecule has 0 aromatic heterocycles. The first-order chi connectivity index (χ1) is 24.8. The Labute approximate surface area is 313 Å². The number of carbonyl (C=O) groups is 5. The lowest BCUT2D eigenvalue weighted by Crippen LogP contribution is -2.52. The highest BCUT2D eigenvalue weighted by molar-refractivity contribution is 8.13. The Balaban J connectivity index is 2.56. The molecule has 4 N–H and O–H groups in total. The van der Waals surface area contributed by atoms with Crippen LogP contribution in [0.1, 0.15) is 168 Å². The minimum atomic E-state index is -0.812. The van der Waals surface area contributed by atoms with E-state index in [0.717, 1.165) is 62.3 Å².